The van der Waals surface area contributed by atoms with Gasteiger partial charge in [-0.2, -0.15) is 0 Å². The molecule has 1 aliphatic rings. The maximum Gasteiger partial charge on any atom is 0.291 e. The molecule has 0 aliphatic carbocycles. The molecule has 4 rings (SSSR count). The highest BCUT2D eigenvalue weighted by molar-refractivity contribution is 5.62. The van der Waals surface area contributed by atoms with Gasteiger partial charge in [-0.15, -0.1) is 0 Å². The SMILES string of the molecule is Cc1cncc(Nc2cc(-c3cnccn3)nc([C@H]3CC[C@@H](C(O)(O)O)NC3)n2)c1. The van der Waals surface area contributed by atoms with Gasteiger partial charge in [-0.3, -0.25) is 15.0 Å². The van der Waals surface area contributed by atoms with Crippen LogP contribution in [0, 0.1) is 6.92 Å². The fraction of sp³-hybridized carbons (Fsp3) is 0.350. The fourth-order valence-electron chi connectivity index (χ4n) is 3.45. The predicted octanol–water partition coefficient (Wildman–Crippen LogP) is 0.847. The second-order valence-electron chi connectivity index (χ2n) is 7.39. The Morgan fingerprint density at radius 1 is 1.00 bits per heavy atom. The summed E-state index contributed by atoms with van der Waals surface area (Å²) >= 11 is 0. The van der Waals surface area contributed by atoms with Crippen LogP contribution in [0.1, 0.15) is 30.1 Å². The molecule has 5 N–H and O–H groups in total. The molecule has 0 amide bonds. The van der Waals surface area contributed by atoms with Crippen LogP contribution in [0.3, 0.4) is 0 Å². The summed E-state index contributed by atoms with van der Waals surface area (Å²) < 4.78 is 0. The first-order valence-electron chi connectivity index (χ1n) is 9.63. The smallest absolute Gasteiger partial charge is 0.291 e. The number of nitrogens with zero attached hydrogens (tertiary/aromatic N) is 5. The number of aromatic nitrogens is 5. The maximum absolute atomic E-state index is 9.41. The molecule has 156 valence electrons. The second-order valence-corrected chi connectivity index (χ2v) is 7.39. The van der Waals surface area contributed by atoms with Crippen molar-refractivity contribution in [2.45, 2.75) is 37.7 Å². The van der Waals surface area contributed by atoms with Gasteiger partial charge in [-0.25, -0.2) is 9.97 Å². The monoisotopic (exact) mass is 409 g/mol. The van der Waals surface area contributed by atoms with Crippen LogP contribution in [0.25, 0.3) is 11.4 Å². The van der Waals surface area contributed by atoms with Crippen molar-refractivity contribution < 1.29 is 15.3 Å². The minimum atomic E-state index is -2.75. The lowest BCUT2D eigenvalue weighted by molar-refractivity contribution is -0.329. The van der Waals surface area contributed by atoms with Crippen LogP contribution in [0.15, 0.2) is 43.1 Å². The molecule has 0 unspecified atom stereocenters. The van der Waals surface area contributed by atoms with Crippen LogP contribution < -0.4 is 10.6 Å². The summed E-state index contributed by atoms with van der Waals surface area (Å²) in [7, 11) is 0. The molecule has 0 saturated carbocycles. The molecule has 0 radical (unpaired) electrons. The standard InChI is InChI=1S/C20H23N7O3/c1-12-6-14(10-22-8-12)25-18-7-15(16-11-21-4-5-23-16)26-19(27-18)13-2-3-17(24-9-13)20(28,29)30/h4-8,10-11,13,17,24,28-30H,2-3,9H2,1H3,(H,25,26,27)/t13-,17-/m0/s1. The number of nitrogens with one attached hydrogen (secondary N) is 2. The Balaban J connectivity index is 1.64. The Labute approximate surface area is 173 Å². The van der Waals surface area contributed by atoms with E-state index < -0.39 is 12.0 Å². The zero-order chi connectivity index (χ0) is 21.1. The van der Waals surface area contributed by atoms with Gasteiger partial charge in [0, 0.05) is 37.1 Å². The highest BCUT2D eigenvalue weighted by Crippen LogP contribution is 2.29. The molecule has 1 saturated heterocycles. The van der Waals surface area contributed by atoms with E-state index in [0.717, 1.165) is 11.3 Å². The average molecular weight is 409 g/mol. The third-order valence-corrected chi connectivity index (χ3v) is 4.96. The molecule has 1 aliphatic heterocycles. The summed E-state index contributed by atoms with van der Waals surface area (Å²) in [5, 5.41) is 34.4. The van der Waals surface area contributed by atoms with E-state index in [1.54, 1.807) is 37.1 Å². The lowest BCUT2D eigenvalue weighted by Gasteiger charge is -2.33. The topological polar surface area (TPSA) is 149 Å². The van der Waals surface area contributed by atoms with Gasteiger partial charge in [-0.1, -0.05) is 0 Å². The van der Waals surface area contributed by atoms with Gasteiger partial charge >= 0.3 is 0 Å². The van der Waals surface area contributed by atoms with Crippen LogP contribution in [0.5, 0.6) is 0 Å². The van der Waals surface area contributed by atoms with Crippen LogP contribution in [0.4, 0.5) is 11.5 Å². The van der Waals surface area contributed by atoms with Crippen molar-refractivity contribution in [2.24, 2.45) is 0 Å². The first-order valence-corrected chi connectivity index (χ1v) is 9.63. The van der Waals surface area contributed by atoms with Crippen molar-refractivity contribution in [1.82, 2.24) is 30.2 Å². The Morgan fingerprint density at radius 3 is 2.53 bits per heavy atom. The van der Waals surface area contributed by atoms with Crippen LogP contribution in [0.2, 0.25) is 0 Å². The van der Waals surface area contributed by atoms with Gasteiger partial charge < -0.3 is 26.0 Å². The largest absolute Gasteiger partial charge is 0.342 e. The minimum Gasteiger partial charge on any atom is -0.342 e. The molecule has 10 heteroatoms. The highest BCUT2D eigenvalue weighted by Gasteiger charge is 2.36. The average Bonchev–Trinajstić information content (AvgIpc) is 2.74. The van der Waals surface area contributed by atoms with Gasteiger partial charge in [0.05, 0.1) is 29.8 Å². The number of aliphatic hydroxyl groups is 3. The lowest BCUT2D eigenvalue weighted by Crippen LogP contribution is -2.54. The Morgan fingerprint density at radius 2 is 1.87 bits per heavy atom. The molecule has 0 aromatic carbocycles. The number of aryl methyl sites for hydroxylation is 1. The zero-order valence-electron chi connectivity index (χ0n) is 16.4. The van der Waals surface area contributed by atoms with Crippen molar-refractivity contribution in [2.75, 3.05) is 11.9 Å². The zero-order valence-corrected chi connectivity index (χ0v) is 16.4. The van der Waals surface area contributed by atoms with Crippen molar-refractivity contribution in [1.29, 1.82) is 0 Å². The van der Waals surface area contributed by atoms with E-state index in [4.69, 9.17) is 0 Å². The Hall–Kier alpha value is -3.05. The minimum absolute atomic E-state index is 0.0728. The highest BCUT2D eigenvalue weighted by atomic mass is 16.7. The number of hydrogen-bond donors (Lipinski definition) is 5. The summed E-state index contributed by atoms with van der Waals surface area (Å²) in [6.45, 7) is 2.35. The fourth-order valence-corrected chi connectivity index (χ4v) is 3.45. The molecule has 30 heavy (non-hydrogen) atoms. The van der Waals surface area contributed by atoms with Crippen LogP contribution in [-0.2, 0) is 0 Å². The summed E-state index contributed by atoms with van der Waals surface area (Å²) in [5.41, 5.74) is 3.07. The quantitative estimate of drug-likeness (QED) is 0.384. The molecule has 3 aromatic heterocycles. The Bertz CT molecular complexity index is 1000. The van der Waals surface area contributed by atoms with Crippen LogP contribution >= 0.6 is 0 Å². The molecule has 1 fully saturated rings. The molecule has 10 nitrogen and oxygen atoms in total. The van der Waals surface area contributed by atoms with Gasteiger partial charge in [0.15, 0.2) is 0 Å². The summed E-state index contributed by atoms with van der Waals surface area (Å²) in [6.07, 6.45) is 9.26. The van der Waals surface area contributed by atoms with E-state index in [9.17, 15) is 15.3 Å². The first kappa shape index (κ1) is 20.2. The van der Waals surface area contributed by atoms with Crippen LogP contribution in [-0.4, -0.2) is 58.8 Å². The van der Waals surface area contributed by atoms with Gasteiger partial charge in [0.25, 0.3) is 5.97 Å². The molecule has 0 bridgehead atoms. The first-order chi connectivity index (χ1) is 14.4. The number of pyridine rings is 1. The van der Waals surface area contributed by atoms with Gasteiger partial charge in [-0.05, 0) is 31.4 Å². The van der Waals surface area contributed by atoms with E-state index in [1.807, 2.05) is 13.0 Å². The van der Waals surface area contributed by atoms with E-state index in [-0.39, 0.29) is 5.92 Å². The summed E-state index contributed by atoms with van der Waals surface area (Å²) in [6, 6.07) is 2.94. The molecule has 2 atom stereocenters. The van der Waals surface area contributed by atoms with E-state index in [1.165, 1.54) is 0 Å². The number of rotatable bonds is 5. The van der Waals surface area contributed by atoms with E-state index in [0.29, 0.717) is 42.4 Å². The second kappa shape index (κ2) is 8.36. The van der Waals surface area contributed by atoms with Crippen molar-refractivity contribution in [3.63, 3.8) is 0 Å². The van der Waals surface area contributed by atoms with Crippen molar-refractivity contribution >= 4 is 11.5 Å². The molecular formula is C20H23N7O3. The lowest BCUT2D eigenvalue weighted by atomic mass is 9.93. The summed E-state index contributed by atoms with van der Waals surface area (Å²) in [4.78, 5) is 22.0. The normalized spacial score (nSPS) is 19.5. The number of hydrogen-bond acceptors (Lipinski definition) is 10. The molecule has 0 spiro atoms. The molecular weight excluding hydrogens is 386 g/mol. The van der Waals surface area contributed by atoms with E-state index >= 15 is 0 Å². The third kappa shape index (κ3) is 4.74. The molecule has 3 aromatic rings. The van der Waals surface area contributed by atoms with Crippen molar-refractivity contribution in [3.8, 4) is 11.4 Å². The van der Waals surface area contributed by atoms with Gasteiger partial charge in [0.2, 0.25) is 0 Å². The predicted molar refractivity (Wildman–Crippen MR) is 108 cm³/mol. The Kier molecular flexibility index (Phi) is 5.64. The van der Waals surface area contributed by atoms with Crippen molar-refractivity contribution in [3.05, 3.63) is 54.5 Å². The molecule has 4 heterocycles. The van der Waals surface area contributed by atoms with E-state index in [2.05, 4.69) is 35.6 Å². The van der Waals surface area contributed by atoms with Gasteiger partial charge in [0.1, 0.15) is 17.3 Å². The third-order valence-electron chi connectivity index (χ3n) is 4.96. The number of piperidine rings is 1. The maximum atomic E-state index is 9.41. The number of anilines is 2. The summed E-state index contributed by atoms with van der Waals surface area (Å²) in [5.74, 6) is -1.64.